The van der Waals surface area contributed by atoms with Crippen LogP contribution in [-0.2, 0) is 19.1 Å². The van der Waals surface area contributed by atoms with Crippen molar-refractivity contribution in [3.05, 3.63) is 35.1 Å². The molecule has 1 rings (SSSR count). The average molecular weight is 318 g/mol. The van der Waals surface area contributed by atoms with E-state index < -0.39 is 46.7 Å². The van der Waals surface area contributed by atoms with Crippen LogP contribution in [0.2, 0.25) is 0 Å². The maximum absolute atomic E-state index is 13.6. The zero-order chi connectivity index (χ0) is 16.9. The Hall–Kier alpha value is -2.38. The number of carbonyl (C=O) groups is 3. The number of ether oxygens (including phenoxy) is 2. The number of esters is 2. The van der Waals surface area contributed by atoms with Crippen molar-refractivity contribution in [2.24, 2.45) is 5.92 Å². The highest BCUT2D eigenvalue weighted by molar-refractivity contribution is 6.20. The second-order valence-electron chi connectivity index (χ2n) is 4.05. The van der Waals surface area contributed by atoms with Gasteiger partial charge in [-0.3, -0.25) is 14.4 Å². The molecule has 120 valence electrons. The van der Waals surface area contributed by atoms with Gasteiger partial charge in [0.2, 0.25) is 5.92 Å². The molecule has 22 heavy (non-hydrogen) atoms. The molecule has 0 N–H and O–H groups in total. The average Bonchev–Trinajstić information content (AvgIpc) is 2.43. The maximum Gasteiger partial charge on any atom is 0.328 e. The summed E-state index contributed by atoms with van der Waals surface area (Å²) in [5, 5.41) is 0. The van der Waals surface area contributed by atoms with E-state index in [0.717, 1.165) is 0 Å². The summed E-state index contributed by atoms with van der Waals surface area (Å²) in [6.07, 6.45) is 0. The van der Waals surface area contributed by atoms with Crippen molar-refractivity contribution in [3.8, 4) is 0 Å². The number of carbonyl (C=O) groups excluding carboxylic acids is 3. The van der Waals surface area contributed by atoms with Crippen molar-refractivity contribution >= 4 is 17.7 Å². The molecule has 5 nitrogen and oxygen atoms in total. The lowest BCUT2D eigenvalue weighted by Gasteiger charge is -2.14. The standard InChI is InChI=1S/C14H13F3O5/c1-3-21-13(19)11(14(20)22-4-2)12(18)7-5-9(16)10(17)6-8(7)15/h5-6,11H,3-4H2,1-2H3. The van der Waals surface area contributed by atoms with Crippen molar-refractivity contribution in [3.63, 3.8) is 0 Å². The van der Waals surface area contributed by atoms with Gasteiger partial charge in [0.05, 0.1) is 18.8 Å². The molecule has 8 heteroatoms. The third kappa shape index (κ3) is 3.84. The molecule has 0 aliphatic rings. The molecule has 0 amide bonds. The Balaban J connectivity index is 3.24. The zero-order valence-corrected chi connectivity index (χ0v) is 11.8. The van der Waals surface area contributed by atoms with Crippen LogP contribution in [0.3, 0.4) is 0 Å². The summed E-state index contributed by atoms with van der Waals surface area (Å²) in [5.41, 5.74) is -0.940. The molecule has 0 saturated heterocycles. The number of ketones is 1. The molecule has 0 bridgehead atoms. The summed E-state index contributed by atoms with van der Waals surface area (Å²) in [7, 11) is 0. The SMILES string of the molecule is CCOC(=O)C(C(=O)OCC)C(=O)c1cc(F)c(F)cc1F. The van der Waals surface area contributed by atoms with E-state index in [2.05, 4.69) is 9.47 Å². The quantitative estimate of drug-likeness (QED) is 0.347. The predicted molar refractivity (Wildman–Crippen MR) is 67.4 cm³/mol. The van der Waals surface area contributed by atoms with E-state index in [-0.39, 0.29) is 25.3 Å². The first-order chi connectivity index (χ1) is 10.3. The molecule has 0 saturated carbocycles. The van der Waals surface area contributed by atoms with Gasteiger partial charge in [0, 0.05) is 6.07 Å². The summed E-state index contributed by atoms with van der Waals surface area (Å²) >= 11 is 0. The fraction of sp³-hybridized carbons (Fsp3) is 0.357. The van der Waals surface area contributed by atoms with E-state index in [0.29, 0.717) is 0 Å². The van der Waals surface area contributed by atoms with Gasteiger partial charge < -0.3 is 9.47 Å². The normalized spacial score (nSPS) is 10.5. The van der Waals surface area contributed by atoms with Gasteiger partial charge in [0.25, 0.3) is 0 Å². The van der Waals surface area contributed by atoms with Crippen LogP contribution in [0, 0.1) is 23.4 Å². The highest BCUT2D eigenvalue weighted by Gasteiger charge is 2.39. The Morgan fingerprint density at radius 2 is 1.36 bits per heavy atom. The summed E-state index contributed by atoms with van der Waals surface area (Å²) in [6, 6.07) is 0.425. The number of hydrogen-bond donors (Lipinski definition) is 0. The van der Waals surface area contributed by atoms with Gasteiger partial charge in [-0.2, -0.15) is 0 Å². The largest absolute Gasteiger partial charge is 0.465 e. The topological polar surface area (TPSA) is 69.7 Å². The van der Waals surface area contributed by atoms with E-state index in [1.165, 1.54) is 13.8 Å². The molecule has 0 aromatic heterocycles. The highest BCUT2D eigenvalue weighted by Crippen LogP contribution is 2.19. The van der Waals surface area contributed by atoms with Crippen LogP contribution in [0.5, 0.6) is 0 Å². The van der Waals surface area contributed by atoms with Gasteiger partial charge in [0.15, 0.2) is 17.4 Å². The first kappa shape index (κ1) is 17.7. The fourth-order valence-electron chi connectivity index (χ4n) is 1.63. The third-order valence-electron chi connectivity index (χ3n) is 2.58. The number of benzene rings is 1. The molecule has 0 radical (unpaired) electrons. The summed E-state index contributed by atoms with van der Waals surface area (Å²) in [6.45, 7) is 2.59. The van der Waals surface area contributed by atoms with Gasteiger partial charge in [-0.15, -0.1) is 0 Å². The van der Waals surface area contributed by atoms with E-state index in [9.17, 15) is 27.6 Å². The second-order valence-corrected chi connectivity index (χ2v) is 4.05. The minimum absolute atomic E-state index is 0.137. The van der Waals surface area contributed by atoms with Gasteiger partial charge in [-0.25, -0.2) is 13.2 Å². The van der Waals surface area contributed by atoms with Crippen molar-refractivity contribution < 1.29 is 37.0 Å². The molecule has 0 fully saturated rings. The number of hydrogen-bond acceptors (Lipinski definition) is 5. The molecule has 0 atom stereocenters. The van der Waals surface area contributed by atoms with Crippen LogP contribution in [0.4, 0.5) is 13.2 Å². The van der Waals surface area contributed by atoms with E-state index in [1.807, 2.05) is 0 Å². The molecule has 0 spiro atoms. The second kappa shape index (κ2) is 7.58. The first-order valence-electron chi connectivity index (χ1n) is 6.35. The Morgan fingerprint density at radius 1 is 0.909 bits per heavy atom. The lowest BCUT2D eigenvalue weighted by atomic mass is 9.97. The predicted octanol–water partition coefficient (Wildman–Crippen LogP) is 2.03. The van der Waals surface area contributed by atoms with E-state index >= 15 is 0 Å². The van der Waals surface area contributed by atoms with Crippen LogP contribution in [-0.4, -0.2) is 30.9 Å². The van der Waals surface area contributed by atoms with Crippen molar-refractivity contribution in [2.75, 3.05) is 13.2 Å². The van der Waals surface area contributed by atoms with Crippen molar-refractivity contribution in [1.82, 2.24) is 0 Å². The van der Waals surface area contributed by atoms with E-state index in [4.69, 9.17) is 0 Å². The van der Waals surface area contributed by atoms with Crippen molar-refractivity contribution in [2.45, 2.75) is 13.8 Å². The zero-order valence-electron chi connectivity index (χ0n) is 11.8. The summed E-state index contributed by atoms with van der Waals surface area (Å²) in [5.74, 6) is -10.4. The van der Waals surface area contributed by atoms with Gasteiger partial charge >= 0.3 is 11.9 Å². The molecule has 1 aromatic carbocycles. The maximum atomic E-state index is 13.6. The lowest BCUT2D eigenvalue weighted by molar-refractivity contribution is -0.158. The number of rotatable bonds is 6. The molecular weight excluding hydrogens is 305 g/mol. The fourth-order valence-corrected chi connectivity index (χ4v) is 1.63. The summed E-state index contributed by atoms with van der Waals surface area (Å²) < 4.78 is 48.8. The number of halogens is 3. The van der Waals surface area contributed by atoms with Gasteiger partial charge in [-0.05, 0) is 19.9 Å². The lowest BCUT2D eigenvalue weighted by Crippen LogP contribution is -2.35. The van der Waals surface area contributed by atoms with Crippen LogP contribution >= 0.6 is 0 Å². The van der Waals surface area contributed by atoms with Crippen LogP contribution in [0.15, 0.2) is 12.1 Å². The molecule has 0 heterocycles. The Bertz CT molecular complexity index is 582. The smallest absolute Gasteiger partial charge is 0.328 e. The first-order valence-corrected chi connectivity index (χ1v) is 6.35. The van der Waals surface area contributed by atoms with Crippen molar-refractivity contribution in [1.29, 1.82) is 0 Å². The molecular formula is C14H13F3O5. The summed E-state index contributed by atoms with van der Waals surface area (Å²) in [4.78, 5) is 35.5. The Labute approximate surface area is 124 Å². The van der Waals surface area contributed by atoms with Gasteiger partial charge in [0.1, 0.15) is 5.82 Å². The van der Waals surface area contributed by atoms with Crippen LogP contribution in [0.1, 0.15) is 24.2 Å². The Kier molecular flexibility index (Phi) is 6.09. The third-order valence-corrected chi connectivity index (χ3v) is 2.58. The van der Waals surface area contributed by atoms with E-state index in [1.54, 1.807) is 0 Å². The minimum atomic E-state index is -2.10. The Morgan fingerprint density at radius 3 is 1.82 bits per heavy atom. The van der Waals surface area contributed by atoms with Crippen LogP contribution in [0.25, 0.3) is 0 Å². The molecule has 0 unspecified atom stereocenters. The highest BCUT2D eigenvalue weighted by atomic mass is 19.2. The van der Waals surface area contributed by atoms with Crippen LogP contribution < -0.4 is 0 Å². The molecule has 0 aliphatic heterocycles. The molecule has 0 aliphatic carbocycles. The number of Topliss-reactive ketones (excluding diaryl/α,β-unsaturated/α-hetero) is 1. The van der Waals surface area contributed by atoms with Gasteiger partial charge in [-0.1, -0.05) is 0 Å². The monoisotopic (exact) mass is 318 g/mol. The minimum Gasteiger partial charge on any atom is -0.465 e. The molecule has 1 aromatic rings.